The van der Waals surface area contributed by atoms with Gasteiger partial charge < -0.3 is 11.5 Å². The maximum absolute atomic E-state index is 12.7. The molecule has 8 heteroatoms. The zero-order chi connectivity index (χ0) is 14.8. The van der Waals surface area contributed by atoms with E-state index in [1.807, 2.05) is 0 Å². The normalized spacial score (nSPS) is 14.5. The third-order valence-corrected chi connectivity index (χ3v) is 2.56. The monoisotopic (exact) mass is 286 g/mol. The molecule has 0 bridgehead atoms. The number of hydrogen-bond donors (Lipinski definition) is 2. The standard InChI is InChI=1S/C11H12F6N2/c12-10(13,14)6-1-2-8(11(15,16)17)7(5-6)9(19)3-4-18/h1-2,5,9H,3-4,18-19H2/t9-/m1/s1. The van der Waals surface area contributed by atoms with Crippen LogP contribution in [0.4, 0.5) is 26.3 Å². The fourth-order valence-electron chi connectivity index (χ4n) is 1.64. The van der Waals surface area contributed by atoms with E-state index in [1.165, 1.54) is 0 Å². The van der Waals surface area contributed by atoms with Crippen LogP contribution in [0.2, 0.25) is 0 Å². The molecule has 1 rings (SSSR count). The van der Waals surface area contributed by atoms with E-state index in [0.29, 0.717) is 18.2 Å². The van der Waals surface area contributed by atoms with E-state index < -0.39 is 35.1 Å². The van der Waals surface area contributed by atoms with Gasteiger partial charge in [-0.25, -0.2) is 0 Å². The maximum atomic E-state index is 12.7. The van der Waals surface area contributed by atoms with Gasteiger partial charge in [-0.05, 0) is 36.7 Å². The van der Waals surface area contributed by atoms with E-state index in [4.69, 9.17) is 11.5 Å². The fourth-order valence-corrected chi connectivity index (χ4v) is 1.64. The summed E-state index contributed by atoms with van der Waals surface area (Å²) >= 11 is 0. The summed E-state index contributed by atoms with van der Waals surface area (Å²) in [6.07, 6.45) is -9.52. The van der Waals surface area contributed by atoms with Crippen molar-refractivity contribution in [3.63, 3.8) is 0 Å². The van der Waals surface area contributed by atoms with Crippen LogP contribution in [0.1, 0.15) is 29.2 Å². The maximum Gasteiger partial charge on any atom is 0.416 e. The largest absolute Gasteiger partial charge is 0.416 e. The first-order valence-corrected chi connectivity index (χ1v) is 5.31. The Labute approximate surface area is 105 Å². The van der Waals surface area contributed by atoms with Crippen LogP contribution in [-0.2, 0) is 12.4 Å². The van der Waals surface area contributed by atoms with Crippen LogP contribution in [0.5, 0.6) is 0 Å². The van der Waals surface area contributed by atoms with Crippen LogP contribution in [0.25, 0.3) is 0 Å². The fraction of sp³-hybridized carbons (Fsp3) is 0.455. The molecule has 0 saturated carbocycles. The minimum Gasteiger partial charge on any atom is -0.330 e. The van der Waals surface area contributed by atoms with E-state index in [9.17, 15) is 26.3 Å². The third kappa shape index (κ3) is 3.84. The van der Waals surface area contributed by atoms with Crippen molar-refractivity contribution in [2.75, 3.05) is 6.54 Å². The van der Waals surface area contributed by atoms with Crippen molar-refractivity contribution in [2.45, 2.75) is 24.8 Å². The van der Waals surface area contributed by atoms with Crippen molar-refractivity contribution < 1.29 is 26.3 Å². The number of rotatable bonds is 3. The van der Waals surface area contributed by atoms with Gasteiger partial charge in [0, 0.05) is 6.04 Å². The number of alkyl halides is 6. The first-order valence-electron chi connectivity index (χ1n) is 5.31. The Morgan fingerprint density at radius 2 is 1.58 bits per heavy atom. The van der Waals surface area contributed by atoms with Gasteiger partial charge in [-0.15, -0.1) is 0 Å². The second-order valence-corrected chi connectivity index (χ2v) is 3.98. The molecule has 0 radical (unpaired) electrons. The van der Waals surface area contributed by atoms with Crippen LogP contribution >= 0.6 is 0 Å². The first kappa shape index (κ1) is 15.8. The van der Waals surface area contributed by atoms with E-state index >= 15 is 0 Å². The SMILES string of the molecule is NCC[C@@H](N)c1cc(C(F)(F)F)ccc1C(F)(F)F. The summed E-state index contributed by atoms with van der Waals surface area (Å²) in [7, 11) is 0. The average Bonchev–Trinajstić information content (AvgIpc) is 2.26. The Hall–Kier alpha value is -1.28. The van der Waals surface area contributed by atoms with Crippen molar-refractivity contribution in [1.82, 2.24) is 0 Å². The molecule has 2 nitrogen and oxygen atoms in total. The van der Waals surface area contributed by atoms with E-state index in [0.717, 1.165) is 0 Å². The summed E-state index contributed by atoms with van der Waals surface area (Å²) in [5, 5.41) is 0. The molecule has 108 valence electrons. The smallest absolute Gasteiger partial charge is 0.330 e. The van der Waals surface area contributed by atoms with Gasteiger partial charge in [0.15, 0.2) is 0 Å². The van der Waals surface area contributed by atoms with Gasteiger partial charge >= 0.3 is 12.4 Å². The second kappa shape index (κ2) is 5.38. The van der Waals surface area contributed by atoms with E-state index in [2.05, 4.69) is 0 Å². The summed E-state index contributed by atoms with van der Waals surface area (Å²) in [4.78, 5) is 0. The van der Waals surface area contributed by atoms with Crippen LogP contribution < -0.4 is 11.5 Å². The van der Waals surface area contributed by atoms with E-state index in [1.54, 1.807) is 0 Å². The lowest BCUT2D eigenvalue weighted by molar-refractivity contribution is -0.142. The Morgan fingerprint density at radius 1 is 1.00 bits per heavy atom. The Morgan fingerprint density at radius 3 is 2.00 bits per heavy atom. The minimum atomic E-state index is -4.76. The van der Waals surface area contributed by atoms with Gasteiger partial charge in [-0.3, -0.25) is 0 Å². The molecule has 0 aliphatic rings. The van der Waals surface area contributed by atoms with Crippen molar-refractivity contribution in [3.8, 4) is 0 Å². The highest BCUT2D eigenvalue weighted by Crippen LogP contribution is 2.38. The molecule has 0 amide bonds. The first-order chi connectivity index (χ1) is 8.57. The molecule has 0 spiro atoms. The minimum absolute atomic E-state index is 0.0191. The molecule has 19 heavy (non-hydrogen) atoms. The quantitative estimate of drug-likeness (QED) is 0.839. The average molecular weight is 286 g/mol. The number of nitrogens with two attached hydrogens (primary N) is 2. The van der Waals surface area contributed by atoms with Crippen molar-refractivity contribution >= 4 is 0 Å². The molecule has 0 unspecified atom stereocenters. The lowest BCUT2D eigenvalue weighted by Gasteiger charge is -2.19. The Bertz CT molecular complexity index is 438. The van der Waals surface area contributed by atoms with Gasteiger partial charge in [0.1, 0.15) is 0 Å². The molecule has 0 aromatic heterocycles. The molecule has 0 fully saturated rings. The van der Waals surface area contributed by atoms with Crippen molar-refractivity contribution in [2.24, 2.45) is 11.5 Å². The lowest BCUT2D eigenvalue weighted by Crippen LogP contribution is -2.21. The molecule has 0 heterocycles. The predicted molar refractivity (Wildman–Crippen MR) is 57.0 cm³/mol. The van der Waals surface area contributed by atoms with Gasteiger partial charge in [0.05, 0.1) is 11.1 Å². The van der Waals surface area contributed by atoms with E-state index in [-0.39, 0.29) is 13.0 Å². The molecule has 4 N–H and O–H groups in total. The van der Waals surface area contributed by atoms with Crippen LogP contribution in [0.3, 0.4) is 0 Å². The Balaban J connectivity index is 3.35. The highest BCUT2D eigenvalue weighted by atomic mass is 19.4. The van der Waals surface area contributed by atoms with Gasteiger partial charge in [0.25, 0.3) is 0 Å². The topological polar surface area (TPSA) is 52.0 Å². The molecule has 1 aromatic rings. The number of halogens is 6. The molecule has 0 aliphatic carbocycles. The summed E-state index contributed by atoms with van der Waals surface area (Å²) < 4.78 is 75.6. The summed E-state index contributed by atoms with van der Waals surface area (Å²) in [6.45, 7) is -0.0191. The highest BCUT2D eigenvalue weighted by Gasteiger charge is 2.37. The highest BCUT2D eigenvalue weighted by molar-refractivity contribution is 5.37. The predicted octanol–water partition coefficient (Wildman–Crippen LogP) is 3.07. The second-order valence-electron chi connectivity index (χ2n) is 3.98. The summed E-state index contributed by atoms with van der Waals surface area (Å²) in [5.74, 6) is 0. The molecular formula is C11H12F6N2. The van der Waals surface area contributed by atoms with Gasteiger partial charge in [0.2, 0.25) is 0 Å². The lowest BCUT2D eigenvalue weighted by atomic mass is 9.95. The third-order valence-electron chi connectivity index (χ3n) is 2.56. The molecular weight excluding hydrogens is 274 g/mol. The zero-order valence-corrected chi connectivity index (χ0v) is 9.65. The van der Waals surface area contributed by atoms with Crippen molar-refractivity contribution in [3.05, 3.63) is 34.9 Å². The van der Waals surface area contributed by atoms with Crippen LogP contribution in [-0.4, -0.2) is 6.54 Å². The molecule has 1 aromatic carbocycles. The summed E-state index contributed by atoms with van der Waals surface area (Å²) in [5.41, 5.74) is 7.71. The number of benzene rings is 1. The Kier molecular flexibility index (Phi) is 4.46. The van der Waals surface area contributed by atoms with Crippen LogP contribution in [0.15, 0.2) is 18.2 Å². The molecule has 1 atom stereocenters. The van der Waals surface area contributed by atoms with Crippen molar-refractivity contribution in [1.29, 1.82) is 0 Å². The number of hydrogen-bond acceptors (Lipinski definition) is 2. The van der Waals surface area contributed by atoms with Gasteiger partial charge in [-0.2, -0.15) is 26.3 Å². The zero-order valence-electron chi connectivity index (χ0n) is 9.65. The molecule has 0 aliphatic heterocycles. The van der Waals surface area contributed by atoms with Gasteiger partial charge in [-0.1, -0.05) is 0 Å². The molecule has 0 saturated heterocycles. The summed E-state index contributed by atoms with van der Waals surface area (Å²) in [6, 6.07) is 0.0306. The van der Waals surface area contributed by atoms with Crippen LogP contribution in [0, 0.1) is 0 Å².